The summed E-state index contributed by atoms with van der Waals surface area (Å²) in [5.41, 5.74) is 24.6. The first-order valence-corrected chi connectivity index (χ1v) is 13.3. The van der Waals surface area contributed by atoms with Crippen LogP contribution in [0.1, 0.15) is 70.6 Å². The van der Waals surface area contributed by atoms with E-state index in [0.29, 0.717) is 24.7 Å². The Bertz CT molecular complexity index is 1410. The van der Waals surface area contributed by atoms with Crippen molar-refractivity contribution in [1.82, 2.24) is 15.0 Å². The minimum absolute atomic E-state index is 0.0677. The molecule has 4 aliphatic rings. The second kappa shape index (κ2) is 8.14. The molecule has 1 amide bonds. The third-order valence-corrected chi connectivity index (χ3v) is 8.83. The number of anilines is 4. The molecule has 1 saturated heterocycles. The van der Waals surface area contributed by atoms with Crippen molar-refractivity contribution >= 4 is 29.0 Å². The number of carbonyl (C=O) groups is 1. The highest BCUT2D eigenvalue weighted by atomic mass is 16.2. The highest BCUT2D eigenvalue weighted by Gasteiger charge is 2.46. The molecule has 1 aromatic carbocycles. The third-order valence-electron chi connectivity index (χ3n) is 8.83. The van der Waals surface area contributed by atoms with Crippen molar-refractivity contribution in [1.29, 1.82) is 0 Å². The standard InChI is InChI=1S/C28H32N8O/c29-21-8-7-20-19(32-21)9-12-36(20)27(37)23-25(31)34-26(22(33-23)16-5-6-16)35-13-10-28(11-14-35)15-17-3-1-2-4-18(17)24(28)30/h1-4,7-8,16,24H,5-6,9-15,30H2,(H2,29,32)(H2,31,34)/t24-/m1/s1. The van der Waals surface area contributed by atoms with E-state index in [-0.39, 0.29) is 28.9 Å². The third kappa shape index (κ3) is 3.55. The number of pyridine rings is 1. The van der Waals surface area contributed by atoms with E-state index in [2.05, 4.69) is 34.1 Å². The first kappa shape index (κ1) is 22.5. The van der Waals surface area contributed by atoms with E-state index in [9.17, 15) is 4.79 Å². The number of piperidine rings is 1. The summed E-state index contributed by atoms with van der Waals surface area (Å²) in [5, 5.41) is 0. The largest absolute Gasteiger partial charge is 0.384 e. The minimum Gasteiger partial charge on any atom is -0.384 e. The molecule has 1 spiro atoms. The Labute approximate surface area is 216 Å². The van der Waals surface area contributed by atoms with Gasteiger partial charge in [0, 0.05) is 38.0 Å². The van der Waals surface area contributed by atoms with E-state index in [1.807, 2.05) is 6.07 Å². The van der Waals surface area contributed by atoms with Crippen LogP contribution in [0.2, 0.25) is 0 Å². The van der Waals surface area contributed by atoms with Gasteiger partial charge in [-0.2, -0.15) is 0 Å². The van der Waals surface area contributed by atoms with Gasteiger partial charge in [-0.3, -0.25) is 4.79 Å². The van der Waals surface area contributed by atoms with Gasteiger partial charge in [0.2, 0.25) is 0 Å². The molecule has 2 aromatic heterocycles. The molecule has 2 aliphatic heterocycles. The van der Waals surface area contributed by atoms with E-state index >= 15 is 0 Å². The van der Waals surface area contributed by atoms with Gasteiger partial charge in [-0.05, 0) is 60.8 Å². The van der Waals surface area contributed by atoms with E-state index in [1.54, 1.807) is 11.0 Å². The van der Waals surface area contributed by atoms with E-state index < -0.39 is 0 Å². The predicted molar refractivity (Wildman–Crippen MR) is 143 cm³/mol. The van der Waals surface area contributed by atoms with Crippen LogP contribution in [0, 0.1) is 5.41 Å². The maximum Gasteiger partial charge on any atom is 0.280 e. The van der Waals surface area contributed by atoms with Gasteiger partial charge in [0.05, 0.1) is 17.1 Å². The van der Waals surface area contributed by atoms with Crippen molar-refractivity contribution in [2.75, 3.05) is 40.9 Å². The number of nitrogens with zero attached hydrogens (tertiary/aromatic N) is 5. The fourth-order valence-corrected chi connectivity index (χ4v) is 6.56. The van der Waals surface area contributed by atoms with Crippen LogP contribution >= 0.6 is 0 Å². The number of nitrogen functional groups attached to an aromatic ring is 2. The van der Waals surface area contributed by atoms with Gasteiger partial charge in [-0.15, -0.1) is 0 Å². The average molecular weight is 497 g/mol. The Kier molecular flexibility index (Phi) is 4.95. The monoisotopic (exact) mass is 496 g/mol. The van der Waals surface area contributed by atoms with Gasteiger partial charge in [-0.1, -0.05) is 24.3 Å². The molecule has 0 bridgehead atoms. The Morgan fingerprint density at radius 3 is 2.51 bits per heavy atom. The van der Waals surface area contributed by atoms with Crippen LogP contribution in [-0.2, 0) is 12.8 Å². The zero-order chi connectivity index (χ0) is 25.3. The van der Waals surface area contributed by atoms with Crippen LogP contribution in [0.3, 0.4) is 0 Å². The first-order valence-electron chi connectivity index (χ1n) is 13.3. The molecule has 9 heteroatoms. The van der Waals surface area contributed by atoms with E-state index in [4.69, 9.17) is 27.2 Å². The van der Waals surface area contributed by atoms with Crippen LogP contribution in [0.15, 0.2) is 36.4 Å². The lowest BCUT2D eigenvalue weighted by Crippen LogP contribution is -2.45. The van der Waals surface area contributed by atoms with Crippen molar-refractivity contribution in [3.63, 3.8) is 0 Å². The Morgan fingerprint density at radius 2 is 1.76 bits per heavy atom. The number of amides is 1. The smallest absolute Gasteiger partial charge is 0.280 e. The van der Waals surface area contributed by atoms with Crippen LogP contribution in [-0.4, -0.2) is 40.5 Å². The Balaban J connectivity index is 1.15. The zero-order valence-corrected chi connectivity index (χ0v) is 20.9. The van der Waals surface area contributed by atoms with Gasteiger partial charge < -0.3 is 27.0 Å². The summed E-state index contributed by atoms with van der Waals surface area (Å²) in [6.45, 7) is 2.24. The van der Waals surface area contributed by atoms with Crippen LogP contribution < -0.4 is 27.0 Å². The summed E-state index contributed by atoms with van der Waals surface area (Å²) in [6.07, 6.45) is 5.81. The number of aromatic nitrogens is 3. The molecule has 2 fully saturated rings. The number of rotatable bonds is 3. The summed E-state index contributed by atoms with van der Waals surface area (Å²) >= 11 is 0. The minimum atomic E-state index is -0.226. The molecule has 4 heterocycles. The van der Waals surface area contributed by atoms with Gasteiger partial charge in [0.1, 0.15) is 5.82 Å². The normalized spacial score (nSPS) is 21.8. The lowest BCUT2D eigenvalue weighted by atomic mass is 9.73. The predicted octanol–water partition coefficient (Wildman–Crippen LogP) is 2.96. The molecule has 1 saturated carbocycles. The SMILES string of the molecule is Nc1ccc2c(n1)CCN2C(=O)c1nc(C2CC2)c(N2CCC3(CC2)Cc2ccccc2[C@H]3N)nc1N. The maximum absolute atomic E-state index is 13.6. The molecular formula is C28H32N8O. The number of carbonyl (C=O) groups excluding carboxylic acids is 1. The fourth-order valence-electron chi connectivity index (χ4n) is 6.56. The molecule has 0 radical (unpaired) electrons. The molecule has 37 heavy (non-hydrogen) atoms. The van der Waals surface area contributed by atoms with Crippen molar-refractivity contribution < 1.29 is 4.79 Å². The molecule has 2 aliphatic carbocycles. The Morgan fingerprint density at radius 1 is 0.973 bits per heavy atom. The summed E-state index contributed by atoms with van der Waals surface area (Å²) in [7, 11) is 0. The number of nitrogens with two attached hydrogens (primary N) is 3. The molecule has 7 rings (SSSR count). The average Bonchev–Trinajstić information content (AvgIpc) is 3.61. The molecule has 3 aromatic rings. The summed E-state index contributed by atoms with van der Waals surface area (Å²) in [5.74, 6) is 1.59. The van der Waals surface area contributed by atoms with Crippen molar-refractivity contribution in [3.8, 4) is 0 Å². The molecule has 6 N–H and O–H groups in total. The molecule has 0 unspecified atom stereocenters. The number of fused-ring (bicyclic) bond motifs is 2. The van der Waals surface area contributed by atoms with Crippen molar-refractivity contribution in [2.24, 2.45) is 11.1 Å². The van der Waals surface area contributed by atoms with Gasteiger partial charge in [-0.25, -0.2) is 15.0 Å². The van der Waals surface area contributed by atoms with Gasteiger partial charge >= 0.3 is 0 Å². The molecule has 1 atom stereocenters. The highest BCUT2D eigenvalue weighted by molar-refractivity contribution is 6.08. The number of benzene rings is 1. The Hall–Kier alpha value is -3.72. The van der Waals surface area contributed by atoms with Crippen LogP contribution in [0.5, 0.6) is 0 Å². The summed E-state index contributed by atoms with van der Waals surface area (Å²) in [4.78, 5) is 31.7. The van der Waals surface area contributed by atoms with Crippen LogP contribution in [0.4, 0.5) is 23.1 Å². The lowest BCUT2D eigenvalue weighted by molar-refractivity contribution is 0.0985. The van der Waals surface area contributed by atoms with E-state index in [1.165, 1.54) is 11.1 Å². The summed E-state index contributed by atoms with van der Waals surface area (Å²) in [6, 6.07) is 12.2. The topological polar surface area (TPSA) is 140 Å². The van der Waals surface area contributed by atoms with Gasteiger partial charge in [0.15, 0.2) is 17.3 Å². The number of hydrogen-bond donors (Lipinski definition) is 3. The zero-order valence-electron chi connectivity index (χ0n) is 20.9. The van der Waals surface area contributed by atoms with Crippen LogP contribution in [0.25, 0.3) is 0 Å². The van der Waals surface area contributed by atoms with Crippen molar-refractivity contribution in [2.45, 2.75) is 50.5 Å². The highest BCUT2D eigenvalue weighted by Crippen LogP contribution is 2.52. The second-order valence-electron chi connectivity index (χ2n) is 11.1. The quantitative estimate of drug-likeness (QED) is 0.503. The molecule has 9 nitrogen and oxygen atoms in total. The van der Waals surface area contributed by atoms with E-state index in [0.717, 1.165) is 68.1 Å². The second-order valence-corrected chi connectivity index (χ2v) is 11.1. The molecular weight excluding hydrogens is 464 g/mol. The fraction of sp³-hybridized carbons (Fsp3) is 0.429. The van der Waals surface area contributed by atoms with Crippen molar-refractivity contribution in [3.05, 3.63) is 64.6 Å². The number of hydrogen-bond acceptors (Lipinski definition) is 8. The van der Waals surface area contributed by atoms with Gasteiger partial charge in [0.25, 0.3) is 5.91 Å². The summed E-state index contributed by atoms with van der Waals surface area (Å²) < 4.78 is 0. The lowest BCUT2D eigenvalue weighted by Gasteiger charge is -2.43. The maximum atomic E-state index is 13.6. The first-order chi connectivity index (χ1) is 17.9. The molecule has 190 valence electrons.